The van der Waals surface area contributed by atoms with Gasteiger partial charge in [0.1, 0.15) is 29.1 Å². The number of alkyl halides is 2. The monoisotopic (exact) mass is 539 g/mol. The van der Waals surface area contributed by atoms with Crippen molar-refractivity contribution < 1.29 is 23.0 Å². The molecule has 0 atom stereocenters. The number of nitrogen functional groups attached to an aromatic ring is 1. The third-order valence-electron chi connectivity index (χ3n) is 7.85. The number of aromatic nitrogens is 3. The first-order chi connectivity index (χ1) is 18.5. The summed E-state index contributed by atoms with van der Waals surface area (Å²) in [6.07, 6.45) is 8.16. The Hall–Kier alpha value is -3.69. The lowest BCUT2D eigenvalue weighted by Crippen LogP contribution is -2.45. The number of piperidine rings is 1. The molecule has 0 unspecified atom stereocenters. The minimum atomic E-state index is -2.89. The Morgan fingerprint density at radius 2 is 1.79 bits per heavy atom. The summed E-state index contributed by atoms with van der Waals surface area (Å²) in [7, 11) is 1.96. The number of carbonyl (C=O) groups excluding carboxylic acids is 1. The highest BCUT2D eigenvalue weighted by Gasteiger charge is 2.38. The van der Waals surface area contributed by atoms with Gasteiger partial charge in [0.15, 0.2) is 0 Å². The maximum atomic E-state index is 12.7. The van der Waals surface area contributed by atoms with Crippen LogP contribution in [0, 0.1) is 5.41 Å². The zero-order valence-corrected chi connectivity index (χ0v) is 22.8. The summed E-state index contributed by atoms with van der Waals surface area (Å²) in [5, 5.41) is 0.740. The number of hydrogen-bond acceptors (Lipinski definition) is 6. The van der Waals surface area contributed by atoms with Crippen molar-refractivity contribution in [2.75, 3.05) is 18.8 Å². The van der Waals surface area contributed by atoms with Gasteiger partial charge in [0.2, 0.25) is 0 Å². The second kappa shape index (κ2) is 10.1. The molecular weight excluding hydrogens is 504 g/mol. The fourth-order valence-corrected chi connectivity index (χ4v) is 5.84. The second-order valence-electron chi connectivity index (χ2n) is 11.5. The number of anilines is 1. The van der Waals surface area contributed by atoms with E-state index >= 15 is 0 Å². The molecule has 1 spiro atoms. The van der Waals surface area contributed by atoms with Crippen LogP contribution in [0.4, 0.5) is 19.4 Å². The predicted molar refractivity (Wildman–Crippen MR) is 146 cm³/mol. The maximum absolute atomic E-state index is 12.7. The molecule has 5 rings (SSSR count). The number of ether oxygens (including phenoxy) is 2. The van der Waals surface area contributed by atoms with E-state index in [1.807, 2.05) is 37.3 Å². The van der Waals surface area contributed by atoms with Crippen molar-refractivity contribution in [1.82, 2.24) is 19.4 Å². The quantitative estimate of drug-likeness (QED) is 0.412. The van der Waals surface area contributed by atoms with Gasteiger partial charge in [-0.3, -0.25) is 0 Å². The van der Waals surface area contributed by atoms with E-state index in [4.69, 9.17) is 10.5 Å². The number of hydrogen-bond donors (Lipinski definition) is 1. The first kappa shape index (κ1) is 26.9. The highest BCUT2D eigenvalue weighted by atomic mass is 19.3. The van der Waals surface area contributed by atoms with Gasteiger partial charge in [0.05, 0.1) is 11.1 Å². The molecular formula is C29H35F2N5O3. The van der Waals surface area contributed by atoms with Crippen molar-refractivity contribution in [3.05, 3.63) is 42.4 Å². The molecule has 1 aromatic carbocycles. The lowest BCUT2D eigenvalue weighted by atomic mass is 9.68. The molecule has 1 aliphatic carbocycles. The third kappa shape index (κ3) is 5.42. The summed E-state index contributed by atoms with van der Waals surface area (Å²) in [6, 6.07) is 6.60. The van der Waals surface area contributed by atoms with Gasteiger partial charge in [-0.2, -0.15) is 8.78 Å². The number of benzene rings is 1. The molecule has 1 fully saturated rings. The predicted octanol–water partition coefficient (Wildman–Crippen LogP) is 6.40. The van der Waals surface area contributed by atoms with Crippen LogP contribution in [-0.2, 0) is 11.8 Å². The van der Waals surface area contributed by atoms with E-state index in [0.29, 0.717) is 24.6 Å². The molecule has 2 N–H and O–H groups in total. The Morgan fingerprint density at radius 3 is 2.38 bits per heavy atom. The molecule has 1 saturated heterocycles. The normalized spacial score (nSPS) is 17.5. The molecule has 10 heteroatoms. The zero-order valence-electron chi connectivity index (χ0n) is 22.8. The van der Waals surface area contributed by atoms with Crippen LogP contribution in [0.3, 0.4) is 0 Å². The fraction of sp³-hybridized carbons (Fsp3) is 0.483. The molecule has 2 aromatic heterocycles. The summed E-state index contributed by atoms with van der Waals surface area (Å²) < 4.78 is 37.6. The van der Waals surface area contributed by atoms with Crippen LogP contribution in [0.15, 0.2) is 36.7 Å². The average Bonchev–Trinajstić information content (AvgIpc) is 3.17. The average molecular weight is 540 g/mol. The van der Waals surface area contributed by atoms with Crippen molar-refractivity contribution in [1.29, 1.82) is 0 Å². The summed E-state index contributed by atoms with van der Waals surface area (Å²) in [4.78, 5) is 23.1. The van der Waals surface area contributed by atoms with E-state index in [1.54, 1.807) is 12.1 Å². The summed E-state index contributed by atoms with van der Waals surface area (Å²) >= 11 is 0. The molecule has 3 heterocycles. The van der Waals surface area contributed by atoms with Gasteiger partial charge in [-0.15, -0.1) is 0 Å². The van der Waals surface area contributed by atoms with Crippen LogP contribution in [0.5, 0.6) is 5.75 Å². The number of aryl methyl sites for hydroxylation is 1. The fourth-order valence-electron chi connectivity index (χ4n) is 5.84. The van der Waals surface area contributed by atoms with E-state index in [9.17, 15) is 13.6 Å². The van der Waals surface area contributed by atoms with Gasteiger partial charge in [-0.1, -0.05) is 18.2 Å². The van der Waals surface area contributed by atoms with Crippen molar-refractivity contribution >= 4 is 28.5 Å². The van der Waals surface area contributed by atoms with E-state index in [1.165, 1.54) is 24.0 Å². The molecule has 1 amide bonds. The van der Waals surface area contributed by atoms with Crippen LogP contribution in [0.25, 0.3) is 27.7 Å². The summed E-state index contributed by atoms with van der Waals surface area (Å²) in [5.74, 6) is 0.462. The van der Waals surface area contributed by atoms with Crippen molar-refractivity contribution in [3.8, 4) is 16.9 Å². The van der Waals surface area contributed by atoms with Gasteiger partial charge < -0.3 is 24.7 Å². The van der Waals surface area contributed by atoms with Crippen LogP contribution in [-0.4, -0.2) is 50.8 Å². The number of carbonyl (C=O) groups is 1. The number of allylic oxidation sites excluding steroid dienone is 2. The van der Waals surface area contributed by atoms with Crippen molar-refractivity contribution in [2.24, 2.45) is 12.5 Å². The van der Waals surface area contributed by atoms with Crippen LogP contribution in [0.1, 0.15) is 58.6 Å². The molecule has 8 nitrogen and oxygen atoms in total. The zero-order chi connectivity index (χ0) is 27.9. The van der Waals surface area contributed by atoms with Gasteiger partial charge >= 0.3 is 12.7 Å². The molecule has 1 aliphatic heterocycles. The van der Waals surface area contributed by atoms with Crippen LogP contribution in [0.2, 0.25) is 0 Å². The number of fused-ring (bicyclic) bond motifs is 1. The highest BCUT2D eigenvalue weighted by molar-refractivity contribution is 6.06. The molecule has 39 heavy (non-hydrogen) atoms. The number of nitrogens with two attached hydrogens (primary N) is 1. The molecule has 3 aromatic rings. The Bertz CT molecular complexity index is 1400. The number of halogens is 2. The minimum absolute atomic E-state index is 0.0938. The molecule has 0 saturated carbocycles. The number of likely N-dealkylation sites (tertiary alicyclic amines) is 1. The van der Waals surface area contributed by atoms with E-state index in [0.717, 1.165) is 54.3 Å². The third-order valence-corrected chi connectivity index (χ3v) is 7.85. The van der Waals surface area contributed by atoms with Crippen molar-refractivity contribution in [2.45, 2.75) is 65.1 Å². The van der Waals surface area contributed by atoms with Crippen LogP contribution < -0.4 is 10.5 Å². The molecule has 0 radical (unpaired) electrons. The summed E-state index contributed by atoms with van der Waals surface area (Å²) in [5.41, 5.74) is 10.6. The smallest absolute Gasteiger partial charge is 0.410 e. The molecule has 0 bridgehead atoms. The maximum Gasteiger partial charge on any atom is 0.410 e. The number of rotatable bonds is 4. The topological polar surface area (TPSA) is 95.5 Å². The highest BCUT2D eigenvalue weighted by Crippen LogP contribution is 2.49. The second-order valence-corrected chi connectivity index (χ2v) is 11.5. The van der Waals surface area contributed by atoms with E-state index in [2.05, 4.69) is 20.8 Å². The number of amides is 1. The Morgan fingerprint density at radius 1 is 1.10 bits per heavy atom. The van der Waals surface area contributed by atoms with Gasteiger partial charge in [-0.05, 0) is 81.6 Å². The molecule has 2 aliphatic rings. The van der Waals surface area contributed by atoms with Gasteiger partial charge in [0.25, 0.3) is 0 Å². The summed E-state index contributed by atoms with van der Waals surface area (Å²) in [6.45, 7) is 4.15. The lowest BCUT2D eigenvalue weighted by molar-refractivity contribution is -0.0498. The number of nitrogens with zero attached hydrogens (tertiary/aromatic N) is 4. The first-order valence-electron chi connectivity index (χ1n) is 13.3. The standard InChI is InChI=1S/C29H35F2N5O3/c1-28(2,3)39-27(37)36-15-13-29(14-16-36)11-9-19(10-12-29)23-21(18-5-7-20(8-6-18)38-26(30)31)22-24(32)33-17-34-25(22)35(23)4/h5-9,17,26H,10-16H2,1-4H3,(H2,32,33,34). The molecule has 208 valence electrons. The van der Waals surface area contributed by atoms with E-state index < -0.39 is 12.2 Å². The van der Waals surface area contributed by atoms with Gasteiger partial charge in [0, 0.05) is 25.7 Å². The SMILES string of the molecule is Cn1c(C2=CCC3(CC2)CCN(C(=O)OC(C)(C)C)CC3)c(-c2ccc(OC(F)F)cc2)c2c(N)ncnc21. The Kier molecular flexibility index (Phi) is 6.99. The van der Waals surface area contributed by atoms with Gasteiger partial charge in [-0.25, -0.2) is 14.8 Å². The first-order valence-corrected chi connectivity index (χ1v) is 13.3. The van der Waals surface area contributed by atoms with E-state index in [-0.39, 0.29) is 17.3 Å². The Labute approximate surface area is 226 Å². The van der Waals surface area contributed by atoms with Crippen molar-refractivity contribution in [3.63, 3.8) is 0 Å². The van der Waals surface area contributed by atoms with Crippen LogP contribution >= 0.6 is 0 Å². The minimum Gasteiger partial charge on any atom is -0.444 e. The lowest BCUT2D eigenvalue weighted by Gasteiger charge is -2.43. The largest absolute Gasteiger partial charge is 0.444 e. The Balaban J connectivity index is 1.43.